The van der Waals surface area contributed by atoms with Gasteiger partial charge < -0.3 is 15.8 Å². The zero-order valence-electron chi connectivity index (χ0n) is 9.59. The zero-order chi connectivity index (χ0) is 11.2. The summed E-state index contributed by atoms with van der Waals surface area (Å²) in [7, 11) is 1.63. The molecule has 0 bridgehead atoms. The highest BCUT2D eigenvalue weighted by Gasteiger charge is 2.23. The Morgan fingerprint density at radius 2 is 2.14 bits per heavy atom. The third-order valence-electron chi connectivity index (χ3n) is 1.93. The minimum Gasteiger partial charge on any atom is -0.383 e. The molecule has 3 N–H and O–H groups in total. The quantitative estimate of drug-likeness (QED) is 0.665. The Bertz CT molecular complexity index is 169. The fraction of sp³-hybridized carbons (Fsp3) is 0.900. The van der Waals surface area contributed by atoms with Crippen molar-refractivity contribution in [2.24, 2.45) is 5.73 Å². The second kappa shape index (κ2) is 5.98. The smallest absolute Gasteiger partial charge is 0.239 e. The predicted molar refractivity (Wildman–Crippen MR) is 57.0 cm³/mol. The van der Waals surface area contributed by atoms with Gasteiger partial charge in [0.25, 0.3) is 0 Å². The van der Waals surface area contributed by atoms with Crippen LogP contribution < -0.4 is 11.1 Å². The van der Waals surface area contributed by atoms with Gasteiger partial charge in [-0.25, -0.2) is 0 Å². The van der Waals surface area contributed by atoms with Crippen LogP contribution in [-0.4, -0.2) is 31.2 Å². The fourth-order valence-corrected chi connectivity index (χ4v) is 1.12. The van der Waals surface area contributed by atoms with Gasteiger partial charge >= 0.3 is 0 Å². The molecule has 0 aromatic carbocycles. The molecular formula is C10H22N2O2. The van der Waals surface area contributed by atoms with Gasteiger partial charge in [-0.2, -0.15) is 0 Å². The number of methoxy groups -OCH3 is 1. The van der Waals surface area contributed by atoms with Gasteiger partial charge in [-0.15, -0.1) is 0 Å². The molecule has 4 nitrogen and oxygen atoms in total. The lowest BCUT2D eigenvalue weighted by Crippen LogP contribution is -2.53. The lowest BCUT2D eigenvalue weighted by molar-refractivity contribution is -0.126. The van der Waals surface area contributed by atoms with Gasteiger partial charge in [-0.1, -0.05) is 13.3 Å². The summed E-state index contributed by atoms with van der Waals surface area (Å²) in [6, 6.07) is 0.0697. The number of ether oxygens (including phenoxy) is 1. The van der Waals surface area contributed by atoms with Crippen molar-refractivity contribution in [1.82, 2.24) is 5.32 Å². The Kier molecular flexibility index (Phi) is 5.72. The number of hydrogen-bond acceptors (Lipinski definition) is 3. The second-order valence-electron chi connectivity index (χ2n) is 4.14. The number of nitrogens with one attached hydrogen (secondary N) is 1. The fourth-order valence-electron chi connectivity index (χ4n) is 1.12. The first-order chi connectivity index (χ1) is 6.41. The van der Waals surface area contributed by atoms with Gasteiger partial charge in [0, 0.05) is 7.11 Å². The molecule has 0 aliphatic heterocycles. The minimum absolute atomic E-state index is 0.0697. The number of rotatable bonds is 6. The molecule has 0 radical (unpaired) electrons. The summed E-state index contributed by atoms with van der Waals surface area (Å²) in [6.45, 7) is 5.99. The van der Waals surface area contributed by atoms with E-state index in [-0.39, 0.29) is 11.9 Å². The summed E-state index contributed by atoms with van der Waals surface area (Å²) in [5.74, 6) is -0.131. The van der Waals surface area contributed by atoms with E-state index in [0.29, 0.717) is 6.61 Å². The Morgan fingerprint density at radius 3 is 2.50 bits per heavy atom. The Morgan fingerprint density at radius 1 is 1.57 bits per heavy atom. The molecule has 0 aromatic rings. The Labute approximate surface area is 86.2 Å². The standard InChI is InChI=1S/C10H22N2O2/c1-5-6-8(7-14-4)12-9(13)10(2,3)11/h8H,5-7,11H2,1-4H3,(H,12,13). The highest BCUT2D eigenvalue weighted by Crippen LogP contribution is 2.01. The predicted octanol–water partition coefficient (Wildman–Crippen LogP) is 0.655. The molecule has 1 amide bonds. The summed E-state index contributed by atoms with van der Waals surface area (Å²) >= 11 is 0. The molecule has 1 unspecified atom stereocenters. The van der Waals surface area contributed by atoms with Crippen molar-refractivity contribution in [2.75, 3.05) is 13.7 Å². The van der Waals surface area contributed by atoms with Crippen molar-refractivity contribution in [2.45, 2.75) is 45.2 Å². The van der Waals surface area contributed by atoms with Gasteiger partial charge in [-0.3, -0.25) is 4.79 Å². The summed E-state index contributed by atoms with van der Waals surface area (Å²) in [4.78, 5) is 11.5. The summed E-state index contributed by atoms with van der Waals surface area (Å²) in [5, 5.41) is 2.87. The van der Waals surface area contributed by atoms with Crippen molar-refractivity contribution < 1.29 is 9.53 Å². The third-order valence-corrected chi connectivity index (χ3v) is 1.93. The molecule has 0 aromatic heterocycles. The van der Waals surface area contributed by atoms with E-state index in [2.05, 4.69) is 12.2 Å². The second-order valence-corrected chi connectivity index (χ2v) is 4.14. The summed E-state index contributed by atoms with van der Waals surface area (Å²) in [6.07, 6.45) is 1.93. The maximum atomic E-state index is 11.5. The minimum atomic E-state index is -0.820. The molecule has 0 aliphatic carbocycles. The lowest BCUT2D eigenvalue weighted by atomic mass is 10.1. The molecule has 0 spiro atoms. The highest BCUT2D eigenvalue weighted by molar-refractivity contribution is 5.85. The maximum Gasteiger partial charge on any atom is 0.239 e. The van der Waals surface area contributed by atoms with Gasteiger partial charge in [0.2, 0.25) is 5.91 Å². The topological polar surface area (TPSA) is 64.3 Å². The maximum absolute atomic E-state index is 11.5. The molecule has 84 valence electrons. The van der Waals surface area contributed by atoms with Crippen molar-refractivity contribution in [3.05, 3.63) is 0 Å². The molecule has 0 rings (SSSR count). The number of nitrogens with two attached hydrogens (primary N) is 1. The van der Waals surface area contributed by atoms with E-state index >= 15 is 0 Å². The van der Waals surface area contributed by atoms with Gasteiger partial charge in [0.05, 0.1) is 18.2 Å². The average Bonchev–Trinajstić information content (AvgIpc) is 2.03. The van der Waals surface area contributed by atoms with Crippen LogP contribution in [0.1, 0.15) is 33.6 Å². The van der Waals surface area contributed by atoms with Crippen LogP contribution in [-0.2, 0) is 9.53 Å². The van der Waals surface area contributed by atoms with Crippen LogP contribution in [0.2, 0.25) is 0 Å². The van der Waals surface area contributed by atoms with Crippen LogP contribution in [0.5, 0.6) is 0 Å². The monoisotopic (exact) mass is 202 g/mol. The molecule has 0 fully saturated rings. The van der Waals surface area contributed by atoms with Crippen molar-refractivity contribution in [3.63, 3.8) is 0 Å². The Balaban J connectivity index is 4.08. The van der Waals surface area contributed by atoms with E-state index in [1.807, 2.05) is 0 Å². The summed E-state index contributed by atoms with van der Waals surface area (Å²) in [5.41, 5.74) is 4.85. The number of amides is 1. The normalized spacial score (nSPS) is 13.8. The zero-order valence-corrected chi connectivity index (χ0v) is 9.59. The van der Waals surface area contributed by atoms with Gasteiger partial charge in [0.1, 0.15) is 0 Å². The van der Waals surface area contributed by atoms with E-state index < -0.39 is 5.54 Å². The third kappa shape index (κ3) is 5.19. The molecule has 14 heavy (non-hydrogen) atoms. The van der Waals surface area contributed by atoms with Crippen LogP contribution >= 0.6 is 0 Å². The lowest BCUT2D eigenvalue weighted by Gasteiger charge is -2.23. The number of hydrogen-bond donors (Lipinski definition) is 2. The first kappa shape index (κ1) is 13.4. The SMILES string of the molecule is CCCC(COC)NC(=O)C(C)(C)N. The molecule has 0 heterocycles. The molecular weight excluding hydrogens is 180 g/mol. The highest BCUT2D eigenvalue weighted by atomic mass is 16.5. The molecule has 4 heteroatoms. The summed E-state index contributed by atoms with van der Waals surface area (Å²) < 4.78 is 5.01. The van der Waals surface area contributed by atoms with E-state index in [0.717, 1.165) is 12.8 Å². The van der Waals surface area contributed by atoms with E-state index in [4.69, 9.17) is 10.5 Å². The van der Waals surface area contributed by atoms with Crippen LogP contribution in [0.4, 0.5) is 0 Å². The van der Waals surface area contributed by atoms with Crippen LogP contribution in [0.15, 0.2) is 0 Å². The van der Waals surface area contributed by atoms with Crippen molar-refractivity contribution >= 4 is 5.91 Å². The van der Waals surface area contributed by atoms with Crippen LogP contribution in [0.25, 0.3) is 0 Å². The molecule has 1 atom stereocenters. The van der Waals surface area contributed by atoms with Gasteiger partial charge in [0.15, 0.2) is 0 Å². The van der Waals surface area contributed by atoms with Crippen molar-refractivity contribution in [1.29, 1.82) is 0 Å². The number of carbonyl (C=O) groups excluding carboxylic acids is 1. The van der Waals surface area contributed by atoms with Gasteiger partial charge in [-0.05, 0) is 20.3 Å². The first-order valence-corrected chi connectivity index (χ1v) is 5.00. The van der Waals surface area contributed by atoms with E-state index in [1.54, 1.807) is 21.0 Å². The first-order valence-electron chi connectivity index (χ1n) is 5.00. The van der Waals surface area contributed by atoms with Crippen LogP contribution in [0, 0.1) is 0 Å². The number of carbonyl (C=O) groups is 1. The molecule has 0 aliphatic rings. The molecule has 0 saturated heterocycles. The molecule has 0 saturated carbocycles. The average molecular weight is 202 g/mol. The van der Waals surface area contributed by atoms with E-state index in [1.165, 1.54) is 0 Å². The van der Waals surface area contributed by atoms with E-state index in [9.17, 15) is 4.79 Å². The van der Waals surface area contributed by atoms with Crippen LogP contribution in [0.3, 0.4) is 0 Å². The Hall–Kier alpha value is -0.610. The van der Waals surface area contributed by atoms with Crippen molar-refractivity contribution in [3.8, 4) is 0 Å². The largest absolute Gasteiger partial charge is 0.383 e.